The van der Waals surface area contributed by atoms with E-state index in [2.05, 4.69) is 32.2 Å². The number of aromatic nitrogens is 6. The molecular weight excluding hydrogens is 516 g/mol. The fourth-order valence-electron chi connectivity index (χ4n) is 4.71. The van der Waals surface area contributed by atoms with Crippen molar-refractivity contribution in [2.75, 3.05) is 5.73 Å². The first kappa shape index (κ1) is 25.5. The lowest BCUT2D eigenvalue weighted by Gasteiger charge is -2.19. The van der Waals surface area contributed by atoms with E-state index < -0.39 is 11.9 Å². The first-order valence-corrected chi connectivity index (χ1v) is 12.9. The third-order valence-electron chi connectivity index (χ3n) is 6.75. The molecule has 1 amide bonds. The van der Waals surface area contributed by atoms with E-state index in [1.807, 2.05) is 49.4 Å². The first-order chi connectivity index (χ1) is 19.9. The number of nitrogen functional groups attached to an aromatic ring is 1. The third-order valence-corrected chi connectivity index (χ3v) is 6.75. The van der Waals surface area contributed by atoms with Gasteiger partial charge in [0.25, 0.3) is 11.5 Å². The number of pyridine rings is 1. The van der Waals surface area contributed by atoms with Gasteiger partial charge in [0.05, 0.1) is 22.6 Å². The molecule has 10 heteroatoms. The predicted molar refractivity (Wildman–Crippen MR) is 154 cm³/mol. The van der Waals surface area contributed by atoms with Gasteiger partial charge >= 0.3 is 5.65 Å². The van der Waals surface area contributed by atoms with Gasteiger partial charge in [0.15, 0.2) is 11.4 Å². The van der Waals surface area contributed by atoms with Crippen LogP contribution in [0, 0.1) is 18.8 Å². The minimum atomic E-state index is -0.675. The molecule has 4 aromatic heterocycles. The highest BCUT2D eigenvalue weighted by Gasteiger charge is 2.27. The van der Waals surface area contributed by atoms with Gasteiger partial charge in [-0.15, -0.1) is 4.52 Å². The summed E-state index contributed by atoms with van der Waals surface area (Å²) in [5.41, 5.74) is 9.80. The van der Waals surface area contributed by atoms with Crippen LogP contribution in [0.4, 0.5) is 5.82 Å². The topological polar surface area (TPSA) is 136 Å². The van der Waals surface area contributed by atoms with Crippen LogP contribution < -0.4 is 21.1 Å². The van der Waals surface area contributed by atoms with E-state index in [-0.39, 0.29) is 16.9 Å². The van der Waals surface area contributed by atoms with Gasteiger partial charge in [-0.3, -0.25) is 19.1 Å². The largest absolute Gasteiger partial charge is 0.382 e. The average molecular weight is 542 g/mol. The van der Waals surface area contributed by atoms with Crippen LogP contribution in [0.3, 0.4) is 0 Å². The number of nitrogens with zero attached hydrogens (tertiary/aromatic N) is 5. The molecule has 0 bridgehead atoms. The number of hydrogen-bond donors (Lipinski definition) is 3. The number of carbonyl (C=O) groups is 1. The second kappa shape index (κ2) is 10.4. The Bertz CT molecular complexity index is 2070. The molecular formula is C31H25N8O2+. The van der Waals surface area contributed by atoms with Gasteiger partial charge in [0, 0.05) is 29.6 Å². The molecule has 0 aliphatic carbocycles. The zero-order chi connectivity index (χ0) is 28.5. The lowest BCUT2D eigenvalue weighted by atomic mass is 10.1. The number of rotatable bonds is 4. The number of benzene rings is 2. The lowest BCUT2D eigenvalue weighted by Crippen LogP contribution is -2.34. The van der Waals surface area contributed by atoms with Crippen molar-refractivity contribution in [2.45, 2.75) is 19.9 Å². The number of aryl methyl sites for hydroxylation is 1. The maximum absolute atomic E-state index is 14.2. The smallest absolute Gasteiger partial charge is 0.362 e. The number of nitrogens with two attached hydrogens (primary N) is 1. The number of H-pyrrole nitrogens is 1. The molecule has 4 N–H and O–H groups in total. The first-order valence-electron chi connectivity index (χ1n) is 12.9. The summed E-state index contributed by atoms with van der Waals surface area (Å²) in [5.74, 6) is 6.36. The van der Waals surface area contributed by atoms with Gasteiger partial charge in [-0.1, -0.05) is 36.1 Å². The van der Waals surface area contributed by atoms with E-state index in [0.29, 0.717) is 33.6 Å². The van der Waals surface area contributed by atoms with Crippen molar-refractivity contribution in [1.82, 2.24) is 29.9 Å². The number of anilines is 1. The minimum Gasteiger partial charge on any atom is -0.382 e. The second-order valence-electron chi connectivity index (χ2n) is 9.50. The van der Waals surface area contributed by atoms with E-state index in [9.17, 15) is 9.59 Å². The number of carbonyl (C=O) groups excluding carboxylic acids is 1. The molecule has 0 fully saturated rings. The number of amides is 1. The Morgan fingerprint density at radius 3 is 2.66 bits per heavy atom. The Kier molecular flexibility index (Phi) is 6.45. The molecule has 1 atom stereocenters. The van der Waals surface area contributed by atoms with Crippen LogP contribution in [-0.4, -0.2) is 30.5 Å². The Morgan fingerprint density at radius 1 is 1.05 bits per heavy atom. The molecule has 41 heavy (non-hydrogen) atoms. The Morgan fingerprint density at radius 2 is 1.85 bits per heavy atom. The number of nitrogens with one attached hydrogen (secondary N) is 2. The van der Waals surface area contributed by atoms with Crippen molar-refractivity contribution >= 4 is 28.3 Å². The summed E-state index contributed by atoms with van der Waals surface area (Å²) < 4.78 is 3.08. The number of hydrogen-bond acceptors (Lipinski definition) is 6. The van der Waals surface area contributed by atoms with E-state index in [1.54, 1.807) is 54.4 Å². The van der Waals surface area contributed by atoms with Gasteiger partial charge in [-0.2, -0.15) is 0 Å². The predicted octanol–water partition coefficient (Wildman–Crippen LogP) is 3.02. The molecule has 200 valence electrons. The third kappa shape index (κ3) is 4.66. The molecule has 6 rings (SSSR count). The van der Waals surface area contributed by atoms with Gasteiger partial charge in [0.2, 0.25) is 0 Å². The zero-order valence-corrected chi connectivity index (χ0v) is 22.3. The Labute approximate surface area is 234 Å². The summed E-state index contributed by atoms with van der Waals surface area (Å²) in [5, 5.41) is 6.24. The lowest BCUT2D eigenvalue weighted by molar-refractivity contribution is -0.577. The molecule has 6 aromatic rings. The zero-order valence-electron chi connectivity index (χ0n) is 22.3. The summed E-state index contributed by atoms with van der Waals surface area (Å²) in [6, 6.07) is 17.5. The quantitative estimate of drug-likeness (QED) is 0.232. The van der Waals surface area contributed by atoms with Crippen LogP contribution >= 0.6 is 0 Å². The van der Waals surface area contributed by atoms with E-state index in [4.69, 9.17) is 10.7 Å². The van der Waals surface area contributed by atoms with Crippen LogP contribution in [0.25, 0.3) is 22.2 Å². The van der Waals surface area contributed by atoms with Crippen LogP contribution in [0.5, 0.6) is 0 Å². The SMILES string of the molecule is Cc1ccncc1C#Cc1cccc2nc(C(C)NC(=O)c3c(N)[nH][n+]4cccnc34)n(-c3ccccc3)c(=O)c12. The normalized spacial score (nSPS) is 11.7. The summed E-state index contributed by atoms with van der Waals surface area (Å²) >= 11 is 0. The summed E-state index contributed by atoms with van der Waals surface area (Å²) in [6.07, 6.45) is 6.71. The average Bonchev–Trinajstić information content (AvgIpc) is 3.32. The molecule has 0 saturated heterocycles. The highest BCUT2D eigenvalue weighted by atomic mass is 16.2. The molecule has 0 spiro atoms. The van der Waals surface area contributed by atoms with Gasteiger partial charge < -0.3 is 11.1 Å². The van der Waals surface area contributed by atoms with Crippen molar-refractivity contribution in [1.29, 1.82) is 0 Å². The highest BCUT2D eigenvalue weighted by molar-refractivity contribution is 6.03. The van der Waals surface area contributed by atoms with E-state index >= 15 is 0 Å². The van der Waals surface area contributed by atoms with Gasteiger partial charge in [-0.05, 0) is 54.7 Å². The molecule has 10 nitrogen and oxygen atoms in total. The van der Waals surface area contributed by atoms with Crippen molar-refractivity contribution in [2.24, 2.45) is 0 Å². The number of para-hydroxylation sites is 1. The van der Waals surface area contributed by atoms with Crippen molar-refractivity contribution in [3.8, 4) is 17.5 Å². The highest BCUT2D eigenvalue weighted by Crippen LogP contribution is 2.21. The molecule has 2 aromatic carbocycles. The van der Waals surface area contributed by atoms with Crippen LogP contribution in [-0.2, 0) is 0 Å². The Hall–Kier alpha value is -5.82. The van der Waals surface area contributed by atoms with Crippen molar-refractivity contribution in [3.05, 3.63) is 124 Å². The fourth-order valence-corrected chi connectivity index (χ4v) is 4.71. The number of fused-ring (bicyclic) bond motifs is 2. The molecule has 0 aliphatic rings. The van der Waals surface area contributed by atoms with Gasteiger partial charge in [-0.25, -0.2) is 10.1 Å². The van der Waals surface area contributed by atoms with Gasteiger partial charge in [0.1, 0.15) is 18.2 Å². The molecule has 4 heterocycles. The standard InChI is InChI=1S/C31H24N8O2/c1-19-14-16-33-18-22(19)13-12-21-8-6-11-24-25(21)31(41)39(23-9-4-3-5-10-23)28(36-24)20(2)35-30(40)26-27(32)37-38-17-7-15-34-29(26)38/h3-11,14-18,20H,1-2H3,(H3,32,35,37,40)/p+1. The van der Waals surface area contributed by atoms with Crippen LogP contribution in [0.2, 0.25) is 0 Å². The molecule has 0 aliphatic heterocycles. The molecule has 1 unspecified atom stereocenters. The summed E-state index contributed by atoms with van der Waals surface area (Å²) in [7, 11) is 0. The maximum Gasteiger partial charge on any atom is 0.362 e. The van der Waals surface area contributed by atoms with E-state index in [1.165, 1.54) is 4.57 Å². The minimum absolute atomic E-state index is 0.174. The second-order valence-corrected chi connectivity index (χ2v) is 9.50. The monoisotopic (exact) mass is 541 g/mol. The molecule has 0 saturated carbocycles. The summed E-state index contributed by atoms with van der Waals surface area (Å²) in [4.78, 5) is 40.9. The van der Waals surface area contributed by atoms with Crippen molar-refractivity contribution < 1.29 is 9.31 Å². The maximum atomic E-state index is 14.2. The van der Waals surface area contributed by atoms with Crippen LogP contribution in [0.15, 0.2) is 90.2 Å². The van der Waals surface area contributed by atoms with Crippen molar-refractivity contribution in [3.63, 3.8) is 0 Å². The fraction of sp³-hybridized carbons (Fsp3) is 0.0968. The Balaban J connectivity index is 1.48. The molecule has 0 radical (unpaired) electrons. The van der Waals surface area contributed by atoms with E-state index in [0.717, 1.165) is 11.1 Å². The van der Waals surface area contributed by atoms with Crippen LogP contribution in [0.1, 0.15) is 45.8 Å². The summed E-state index contributed by atoms with van der Waals surface area (Å²) in [6.45, 7) is 3.73. The number of aromatic amines is 1.